The quantitative estimate of drug-likeness (QED) is 0.866. The Bertz CT molecular complexity index is 535. The average Bonchev–Trinajstić information content (AvgIpc) is 2.96. The summed E-state index contributed by atoms with van der Waals surface area (Å²) in [5.74, 6) is 1.68. The normalized spacial score (nSPS) is 29.0. The minimum absolute atomic E-state index is 0.176. The molecule has 0 bridgehead atoms. The number of hydrogen-bond acceptors (Lipinski definition) is 3. The molecule has 2 fully saturated rings. The number of likely N-dealkylation sites (N-methyl/N-ethyl adjacent to an activating group) is 1. The van der Waals surface area contributed by atoms with Crippen molar-refractivity contribution in [3.8, 4) is 0 Å². The summed E-state index contributed by atoms with van der Waals surface area (Å²) < 4.78 is 0. The van der Waals surface area contributed by atoms with Gasteiger partial charge >= 0.3 is 0 Å². The molecule has 0 aromatic heterocycles. The molecule has 1 unspecified atom stereocenters. The number of rotatable bonds is 5. The predicted octanol–water partition coefficient (Wildman–Crippen LogP) is 1.45. The number of nitrogens with zero attached hydrogens (tertiary/aromatic N) is 1. The molecule has 1 aliphatic heterocycles. The van der Waals surface area contributed by atoms with E-state index in [1.54, 1.807) is 4.90 Å². The van der Waals surface area contributed by atoms with E-state index < -0.39 is 5.60 Å². The van der Waals surface area contributed by atoms with Gasteiger partial charge in [-0.05, 0) is 42.3 Å². The maximum atomic E-state index is 13.0. The van der Waals surface area contributed by atoms with E-state index >= 15 is 0 Å². The molecule has 2 N–H and O–H groups in total. The largest absolute Gasteiger partial charge is 0.375 e. The van der Waals surface area contributed by atoms with Crippen LogP contribution < -0.4 is 5.32 Å². The van der Waals surface area contributed by atoms with Crippen LogP contribution in [0.1, 0.15) is 19.4 Å². The van der Waals surface area contributed by atoms with Crippen LogP contribution in [0.2, 0.25) is 0 Å². The molecule has 2 aliphatic rings. The second-order valence-electron chi connectivity index (χ2n) is 7.12. The van der Waals surface area contributed by atoms with Crippen molar-refractivity contribution in [2.24, 2.45) is 23.7 Å². The summed E-state index contributed by atoms with van der Waals surface area (Å²) >= 11 is 0. The first-order valence-corrected chi connectivity index (χ1v) is 8.20. The minimum Gasteiger partial charge on any atom is -0.375 e. The van der Waals surface area contributed by atoms with Crippen LogP contribution in [0.4, 0.5) is 0 Å². The summed E-state index contributed by atoms with van der Waals surface area (Å²) in [6, 6.07) is 9.31. The van der Waals surface area contributed by atoms with E-state index in [0.29, 0.717) is 11.5 Å². The molecule has 1 aromatic carbocycles. The van der Waals surface area contributed by atoms with Crippen molar-refractivity contribution in [1.82, 2.24) is 10.2 Å². The van der Waals surface area contributed by atoms with Gasteiger partial charge in [0, 0.05) is 13.6 Å². The lowest BCUT2D eigenvalue weighted by Crippen LogP contribution is -2.49. The van der Waals surface area contributed by atoms with E-state index in [1.807, 2.05) is 51.2 Å². The fraction of sp³-hybridized carbons (Fsp3) is 0.611. The first-order valence-electron chi connectivity index (χ1n) is 8.20. The number of carbonyl (C=O) groups is 1. The minimum atomic E-state index is -1.45. The van der Waals surface area contributed by atoms with Gasteiger partial charge in [0.1, 0.15) is 0 Å². The molecule has 1 amide bonds. The van der Waals surface area contributed by atoms with Gasteiger partial charge < -0.3 is 15.3 Å². The number of carbonyl (C=O) groups excluding carboxylic acids is 1. The Labute approximate surface area is 132 Å². The zero-order chi connectivity index (χ0) is 15.9. The van der Waals surface area contributed by atoms with Gasteiger partial charge in [-0.15, -0.1) is 0 Å². The first kappa shape index (κ1) is 15.5. The number of amides is 1. The highest BCUT2D eigenvalue weighted by Gasteiger charge is 2.54. The smallest absolute Gasteiger partial charge is 0.259 e. The molecule has 0 radical (unpaired) electrons. The molecule has 4 atom stereocenters. The maximum Gasteiger partial charge on any atom is 0.259 e. The summed E-state index contributed by atoms with van der Waals surface area (Å²) in [6.07, 6.45) is 0. The standard InChI is InChI=1S/C18H26N2O2/c1-12(2)18(22,13-7-5-4-6-8-13)17(21)20(3)11-16-14-9-19-10-15(14)16/h4-8,12,14-16,19,22H,9-11H2,1-3H3/t14-,15+,16?,18-/m0/s1. The molecule has 1 aliphatic carbocycles. The van der Waals surface area contributed by atoms with Crippen LogP contribution in [0, 0.1) is 23.7 Å². The molecule has 1 heterocycles. The van der Waals surface area contributed by atoms with Crippen molar-refractivity contribution >= 4 is 5.91 Å². The Morgan fingerprint density at radius 1 is 1.32 bits per heavy atom. The average molecular weight is 302 g/mol. The SMILES string of the molecule is CC(C)[C@@](O)(C(=O)N(C)CC1[C@H]2CNC[C@@H]12)c1ccccc1. The summed E-state index contributed by atoms with van der Waals surface area (Å²) in [7, 11) is 1.82. The Balaban J connectivity index is 1.75. The summed E-state index contributed by atoms with van der Waals surface area (Å²) in [5.41, 5.74) is -0.766. The molecule has 0 spiro atoms. The van der Waals surface area contributed by atoms with Crippen LogP contribution in [0.3, 0.4) is 0 Å². The van der Waals surface area contributed by atoms with Gasteiger partial charge in [-0.1, -0.05) is 44.2 Å². The van der Waals surface area contributed by atoms with Gasteiger partial charge in [-0.2, -0.15) is 0 Å². The van der Waals surface area contributed by atoms with E-state index in [9.17, 15) is 9.90 Å². The van der Waals surface area contributed by atoms with Crippen molar-refractivity contribution in [3.63, 3.8) is 0 Å². The Hall–Kier alpha value is -1.39. The van der Waals surface area contributed by atoms with Crippen molar-refractivity contribution < 1.29 is 9.90 Å². The van der Waals surface area contributed by atoms with Gasteiger partial charge in [-0.25, -0.2) is 0 Å². The fourth-order valence-corrected chi connectivity index (χ4v) is 3.90. The number of fused-ring (bicyclic) bond motifs is 1. The summed E-state index contributed by atoms with van der Waals surface area (Å²) in [4.78, 5) is 14.7. The zero-order valence-electron chi connectivity index (χ0n) is 13.6. The Kier molecular flexibility index (Phi) is 4.00. The molecular formula is C18H26N2O2. The first-order chi connectivity index (χ1) is 10.5. The van der Waals surface area contributed by atoms with Gasteiger partial charge in [0.2, 0.25) is 0 Å². The van der Waals surface area contributed by atoms with Gasteiger partial charge in [-0.3, -0.25) is 4.79 Å². The molecule has 22 heavy (non-hydrogen) atoms. The van der Waals surface area contributed by atoms with Crippen LogP contribution in [-0.2, 0) is 10.4 Å². The highest BCUT2D eigenvalue weighted by atomic mass is 16.3. The monoisotopic (exact) mass is 302 g/mol. The van der Waals surface area contributed by atoms with Crippen LogP contribution in [-0.4, -0.2) is 42.6 Å². The third-order valence-corrected chi connectivity index (χ3v) is 5.48. The molecular weight excluding hydrogens is 276 g/mol. The fourth-order valence-electron chi connectivity index (χ4n) is 3.90. The number of hydrogen-bond donors (Lipinski definition) is 2. The third-order valence-electron chi connectivity index (χ3n) is 5.48. The van der Waals surface area contributed by atoms with E-state index in [0.717, 1.165) is 31.5 Å². The second kappa shape index (κ2) is 5.67. The lowest BCUT2D eigenvalue weighted by atomic mass is 9.82. The van der Waals surface area contributed by atoms with Gasteiger partial charge in [0.15, 0.2) is 5.60 Å². The molecule has 4 nitrogen and oxygen atoms in total. The number of benzene rings is 1. The lowest BCUT2D eigenvalue weighted by Gasteiger charge is -2.35. The zero-order valence-corrected chi connectivity index (χ0v) is 13.6. The van der Waals surface area contributed by atoms with E-state index in [4.69, 9.17) is 0 Å². The highest BCUT2D eigenvalue weighted by molar-refractivity contribution is 5.86. The van der Waals surface area contributed by atoms with E-state index in [2.05, 4.69) is 5.32 Å². The molecule has 1 aromatic rings. The molecule has 1 saturated heterocycles. The van der Waals surface area contributed by atoms with E-state index in [-0.39, 0.29) is 11.8 Å². The van der Waals surface area contributed by atoms with Crippen LogP contribution >= 0.6 is 0 Å². The number of aliphatic hydroxyl groups is 1. The van der Waals surface area contributed by atoms with Crippen molar-refractivity contribution in [3.05, 3.63) is 35.9 Å². The van der Waals surface area contributed by atoms with Crippen LogP contribution in [0.15, 0.2) is 30.3 Å². The Morgan fingerprint density at radius 3 is 2.45 bits per heavy atom. The van der Waals surface area contributed by atoms with Crippen molar-refractivity contribution in [2.45, 2.75) is 19.4 Å². The van der Waals surface area contributed by atoms with Gasteiger partial charge in [0.25, 0.3) is 5.91 Å². The molecule has 120 valence electrons. The van der Waals surface area contributed by atoms with E-state index in [1.165, 1.54) is 0 Å². The number of nitrogens with one attached hydrogen (secondary N) is 1. The maximum absolute atomic E-state index is 13.0. The highest BCUT2D eigenvalue weighted by Crippen LogP contribution is 2.49. The molecule has 4 heteroatoms. The van der Waals surface area contributed by atoms with Crippen LogP contribution in [0.25, 0.3) is 0 Å². The lowest BCUT2D eigenvalue weighted by molar-refractivity contribution is -0.156. The van der Waals surface area contributed by atoms with Gasteiger partial charge in [0.05, 0.1) is 0 Å². The van der Waals surface area contributed by atoms with Crippen LogP contribution in [0.5, 0.6) is 0 Å². The topological polar surface area (TPSA) is 52.6 Å². The van der Waals surface area contributed by atoms with Crippen molar-refractivity contribution in [2.75, 3.05) is 26.7 Å². The predicted molar refractivity (Wildman–Crippen MR) is 86.2 cm³/mol. The third kappa shape index (κ3) is 2.44. The molecule has 1 saturated carbocycles. The molecule has 3 rings (SSSR count). The summed E-state index contributed by atoms with van der Waals surface area (Å²) in [6.45, 7) is 6.69. The number of piperidine rings is 1. The summed E-state index contributed by atoms with van der Waals surface area (Å²) in [5, 5.41) is 14.5. The van der Waals surface area contributed by atoms with Crippen molar-refractivity contribution in [1.29, 1.82) is 0 Å². The second-order valence-corrected chi connectivity index (χ2v) is 7.12. The Morgan fingerprint density at radius 2 is 1.91 bits per heavy atom.